The molecule has 1 aromatic carbocycles. The molecule has 1 aliphatic heterocycles. The van der Waals surface area contributed by atoms with Crippen molar-refractivity contribution in [3.8, 4) is 17.4 Å². The Balaban J connectivity index is 1.50. The molecular formula is C19H22N2O4. The Bertz CT molecular complexity index is 735. The van der Waals surface area contributed by atoms with Crippen LogP contribution in [0.15, 0.2) is 42.5 Å². The number of aromatic nitrogens is 1. The molecule has 1 unspecified atom stereocenters. The number of pyridine rings is 1. The fourth-order valence-electron chi connectivity index (χ4n) is 2.77. The van der Waals surface area contributed by atoms with Crippen molar-refractivity contribution in [2.45, 2.75) is 19.4 Å². The first-order chi connectivity index (χ1) is 12.2. The number of amides is 1. The van der Waals surface area contributed by atoms with Crippen LogP contribution in [-0.4, -0.2) is 48.7 Å². The van der Waals surface area contributed by atoms with Crippen LogP contribution >= 0.6 is 0 Å². The van der Waals surface area contributed by atoms with Gasteiger partial charge in [0.15, 0.2) is 18.1 Å². The highest BCUT2D eigenvalue weighted by Gasteiger charge is 2.28. The number of ether oxygens (including phenoxy) is 3. The number of aryl methyl sites for hydroxylation is 1. The molecule has 2 heterocycles. The van der Waals surface area contributed by atoms with Gasteiger partial charge in [-0.15, -0.1) is 0 Å². The van der Waals surface area contributed by atoms with Gasteiger partial charge >= 0.3 is 0 Å². The van der Waals surface area contributed by atoms with Crippen LogP contribution in [0.4, 0.5) is 0 Å². The maximum absolute atomic E-state index is 12.4. The van der Waals surface area contributed by atoms with Gasteiger partial charge < -0.3 is 19.1 Å². The Labute approximate surface area is 147 Å². The molecule has 0 aliphatic carbocycles. The largest absolute Gasteiger partial charge is 0.493 e. The van der Waals surface area contributed by atoms with Crippen molar-refractivity contribution >= 4 is 5.91 Å². The molecule has 132 valence electrons. The Hall–Kier alpha value is -2.76. The highest BCUT2D eigenvalue weighted by Crippen LogP contribution is 2.26. The third kappa shape index (κ3) is 4.41. The van der Waals surface area contributed by atoms with Crippen molar-refractivity contribution in [3.63, 3.8) is 0 Å². The molecule has 25 heavy (non-hydrogen) atoms. The van der Waals surface area contributed by atoms with E-state index in [2.05, 4.69) is 4.98 Å². The molecule has 1 saturated heterocycles. The van der Waals surface area contributed by atoms with Gasteiger partial charge in [-0.2, -0.15) is 0 Å². The van der Waals surface area contributed by atoms with Gasteiger partial charge in [0.25, 0.3) is 5.91 Å². The quantitative estimate of drug-likeness (QED) is 0.807. The van der Waals surface area contributed by atoms with Crippen molar-refractivity contribution in [1.29, 1.82) is 0 Å². The van der Waals surface area contributed by atoms with Crippen LogP contribution < -0.4 is 14.2 Å². The van der Waals surface area contributed by atoms with Gasteiger partial charge in [0.05, 0.1) is 13.7 Å². The maximum Gasteiger partial charge on any atom is 0.260 e. The summed E-state index contributed by atoms with van der Waals surface area (Å²) in [6.07, 6.45) is 0.750. The van der Waals surface area contributed by atoms with Crippen LogP contribution in [-0.2, 0) is 4.79 Å². The SMILES string of the molecule is COc1ccccc1OCC(=O)N1CCC(Oc2cccc(C)n2)C1. The van der Waals surface area contributed by atoms with Gasteiger partial charge in [-0.05, 0) is 25.1 Å². The third-order valence-electron chi connectivity index (χ3n) is 4.07. The van der Waals surface area contributed by atoms with E-state index in [9.17, 15) is 4.79 Å². The summed E-state index contributed by atoms with van der Waals surface area (Å²) >= 11 is 0. The van der Waals surface area contributed by atoms with E-state index in [4.69, 9.17) is 14.2 Å². The lowest BCUT2D eigenvalue weighted by molar-refractivity contribution is -0.132. The fraction of sp³-hybridized carbons (Fsp3) is 0.368. The topological polar surface area (TPSA) is 60.9 Å². The average Bonchev–Trinajstić information content (AvgIpc) is 3.08. The molecule has 1 aromatic heterocycles. The number of hydrogen-bond donors (Lipinski definition) is 0. The molecule has 6 heteroatoms. The lowest BCUT2D eigenvalue weighted by Gasteiger charge is -2.18. The predicted octanol–water partition coefficient (Wildman–Crippen LogP) is 2.46. The van der Waals surface area contributed by atoms with E-state index in [0.29, 0.717) is 30.5 Å². The van der Waals surface area contributed by atoms with Crippen molar-refractivity contribution < 1.29 is 19.0 Å². The third-order valence-corrected chi connectivity index (χ3v) is 4.07. The minimum absolute atomic E-state index is 0.0181. The molecule has 1 atom stereocenters. The Morgan fingerprint density at radius 3 is 2.76 bits per heavy atom. The summed E-state index contributed by atoms with van der Waals surface area (Å²) in [5, 5.41) is 0. The van der Waals surface area contributed by atoms with Crippen LogP contribution in [0.25, 0.3) is 0 Å². The minimum atomic E-state index is -0.0609. The summed E-state index contributed by atoms with van der Waals surface area (Å²) in [6, 6.07) is 13.0. The number of rotatable bonds is 6. The molecule has 6 nitrogen and oxygen atoms in total. The van der Waals surface area contributed by atoms with E-state index < -0.39 is 0 Å². The van der Waals surface area contributed by atoms with Crippen molar-refractivity contribution in [2.75, 3.05) is 26.8 Å². The zero-order valence-corrected chi connectivity index (χ0v) is 14.5. The Kier molecular flexibility index (Phi) is 5.38. The second kappa shape index (κ2) is 7.88. The highest BCUT2D eigenvalue weighted by molar-refractivity contribution is 5.78. The Morgan fingerprint density at radius 2 is 2.00 bits per heavy atom. The monoisotopic (exact) mass is 342 g/mol. The average molecular weight is 342 g/mol. The zero-order valence-electron chi connectivity index (χ0n) is 14.5. The van der Waals surface area contributed by atoms with Gasteiger partial charge in [-0.3, -0.25) is 4.79 Å². The molecule has 0 radical (unpaired) electrons. The molecule has 1 aliphatic rings. The van der Waals surface area contributed by atoms with E-state index in [1.165, 1.54) is 0 Å². The zero-order chi connectivity index (χ0) is 17.6. The van der Waals surface area contributed by atoms with E-state index in [1.54, 1.807) is 24.1 Å². The summed E-state index contributed by atoms with van der Waals surface area (Å²) in [5.41, 5.74) is 0.911. The maximum atomic E-state index is 12.4. The standard InChI is InChI=1S/C19H22N2O4/c1-14-6-5-9-18(20-14)25-15-10-11-21(12-15)19(22)13-24-17-8-4-3-7-16(17)23-2/h3-9,15H,10-13H2,1-2H3. The van der Waals surface area contributed by atoms with Crippen LogP contribution in [0.1, 0.15) is 12.1 Å². The van der Waals surface area contributed by atoms with Crippen LogP contribution in [0.3, 0.4) is 0 Å². The molecule has 1 amide bonds. The number of likely N-dealkylation sites (tertiary alicyclic amines) is 1. The normalized spacial score (nSPS) is 16.6. The first-order valence-electron chi connectivity index (χ1n) is 8.29. The van der Waals surface area contributed by atoms with E-state index in [1.807, 2.05) is 37.3 Å². The van der Waals surface area contributed by atoms with E-state index in [0.717, 1.165) is 12.1 Å². The van der Waals surface area contributed by atoms with Gasteiger partial charge in [0.1, 0.15) is 6.10 Å². The molecule has 0 bridgehead atoms. The number of benzene rings is 1. The summed E-state index contributed by atoms with van der Waals surface area (Å²) < 4.78 is 16.7. The van der Waals surface area contributed by atoms with E-state index >= 15 is 0 Å². The number of methoxy groups -OCH3 is 1. The first kappa shape index (κ1) is 17.1. The molecule has 3 rings (SSSR count). The second-order valence-corrected chi connectivity index (χ2v) is 5.93. The molecular weight excluding hydrogens is 320 g/mol. The fourth-order valence-corrected chi connectivity index (χ4v) is 2.77. The second-order valence-electron chi connectivity index (χ2n) is 5.93. The number of para-hydroxylation sites is 2. The summed E-state index contributed by atoms with van der Waals surface area (Å²) in [7, 11) is 1.58. The lowest BCUT2D eigenvalue weighted by Crippen LogP contribution is -2.34. The molecule has 0 saturated carbocycles. The Morgan fingerprint density at radius 1 is 1.20 bits per heavy atom. The van der Waals surface area contributed by atoms with Crippen molar-refractivity contribution in [2.24, 2.45) is 0 Å². The van der Waals surface area contributed by atoms with Crippen molar-refractivity contribution in [3.05, 3.63) is 48.2 Å². The van der Waals surface area contributed by atoms with Gasteiger partial charge in [0, 0.05) is 24.7 Å². The first-order valence-corrected chi connectivity index (χ1v) is 8.29. The summed E-state index contributed by atoms with van der Waals surface area (Å²) in [6.45, 7) is 3.11. The highest BCUT2D eigenvalue weighted by atomic mass is 16.5. The molecule has 2 aromatic rings. The smallest absolute Gasteiger partial charge is 0.260 e. The number of carbonyl (C=O) groups excluding carboxylic acids is 1. The summed E-state index contributed by atoms with van der Waals surface area (Å²) in [4.78, 5) is 18.5. The van der Waals surface area contributed by atoms with Gasteiger partial charge in [-0.1, -0.05) is 18.2 Å². The lowest BCUT2D eigenvalue weighted by atomic mass is 10.3. The number of nitrogens with zero attached hydrogens (tertiary/aromatic N) is 2. The van der Waals surface area contributed by atoms with Crippen LogP contribution in [0.2, 0.25) is 0 Å². The van der Waals surface area contributed by atoms with Gasteiger partial charge in [-0.25, -0.2) is 4.98 Å². The van der Waals surface area contributed by atoms with Crippen molar-refractivity contribution in [1.82, 2.24) is 9.88 Å². The molecule has 0 N–H and O–H groups in total. The van der Waals surface area contributed by atoms with Crippen LogP contribution in [0, 0.1) is 6.92 Å². The summed E-state index contributed by atoms with van der Waals surface area (Å²) in [5.74, 6) is 1.72. The number of carbonyl (C=O) groups is 1. The van der Waals surface area contributed by atoms with E-state index in [-0.39, 0.29) is 18.6 Å². The predicted molar refractivity (Wildman–Crippen MR) is 93.1 cm³/mol. The molecule has 1 fully saturated rings. The molecule has 0 spiro atoms. The minimum Gasteiger partial charge on any atom is -0.493 e. The number of hydrogen-bond acceptors (Lipinski definition) is 5. The van der Waals surface area contributed by atoms with Crippen LogP contribution in [0.5, 0.6) is 17.4 Å². The van der Waals surface area contributed by atoms with Gasteiger partial charge in [0.2, 0.25) is 5.88 Å².